The Balaban J connectivity index is 3.34. The van der Waals surface area contributed by atoms with E-state index < -0.39 is 11.5 Å². The van der Waals surface area contributed by atoms with Crippen molar-refractivity contribution in [1.82, 2.24) is 9.97 Å². The number of nitrogens with two attached hydrogens (primary N) is 1. The number of aromatic nitrogens is 2. The monoisotopic (exact) mass is 132 g/mol. The van der Waals surface area contributed by atoms with Gasteiger partial charge in [0.1, 0.15) is 5.82 Å². The highest BCUT2D eigenvalue weighted by molar-refractivity contribution is 5.25. The molecule has 0 aliphatic rings. The number of rotatable bonds is 0. The van der Waals surface area contributed by atoms with Crippen LogP contribution in [0.25, 0.3) is 0 Å². The van der Waals surface area contributed by atoms with Crippen molar-refractivity contribution in [1.29, 1.82) is 0 Å². The number of H-pyrrole nitrogens is 1. The number of halogens is 1. The topological polar surface area (TPSA) is 71.8 Å². The Kier molecular flexibility index (Phi) is 1.18. The molecule has 3 N–H and O–H groups in total. The van der Waals surface area contributed by atoms with Crippen LogP contribution < -0.4 is 11.4 Å². The lowest BCUT2D eigenvalue weighted by Gasteiger charge is -1.89. The van der Waals surface area contributed by atoms with Gasteiger partial charge in [-0.2, -0.15) is 4.98 Å². The van der Waals surface area contributed by atoms with Gasteiger partial charge in [0.25, 0.3) is 0 Å². The van der Waals surface area contributed by atoms with Crippen molar-refractivity contribution >= 4 is 5.82 Å². The number of anilines is 1. The third-order valence-corrected chi connectivity index (χ3v) is 0.794. The van der Waals surface area contributed by atoms with Crippen LogP contribution in [-0.2, 0) is 0 Å². The minimum atomic E-state index is -0.713. The Morgan fingerprint density at radius 1 is 1.78 bits per heavy atom. The SMILES string of the molecule is Nc1[15nH][13c](=O)[15n]cc1F. The summed E-state index contributed by atoms with van der Waals surface area (Å²) >= 11 is 0. The van der Waals surface area contributed by atoms with Gasteiger partial charge in [0.05, 0.1) is 6.20 Å². The van der Waals surface area contributed by atoms with Crippen molar-refractivity contribution < 1.29 is 4.39 Å². The molecule has 1 rings (SSSR count). The zero-order chi connectivity index (χ0) is 6.85. The molecule has 0 spiro atoms. The van der Waals surface area contributed by atoms with E-state index in [2.05, 4.69) is 4.98 Å². The van der Waals surface area contributed by atoms with Gasteiger partial charge in [-0.3, -0.25) is 4.98 Å². The fourth-order valence-electron chi connectivity index (χ4n) is 0.392. The third kappa shape index (κ3) is 1.04. The summed E-state index contributed by atoms with van der Waals surface area (Å²) in [5.41, 5.74) is 4.31. The quantitative estimate of drug-likeness (QED) is 0.499. The molecule has 0 unspecified atom stereocenters. The largest absolute Gasteiger partial charge is 0.383 e. The fourth-order valence-corrected chi connectivity index (χ4v) is 0.392. The van der Waals surface area contributed by atoms with E-state index in [0.29, 0.717) is 0 Å². The lowest BCUT2D eigenvalue weighted by molar-refractivity contribution is 0.617. The molecule has 0 fully saturated rings. The van der Waals surface area contributed by atoms with E-state index in [0.717, 1.165) is 6.20 Å². The van der Waals surface area contributed by atoms with Gasteiger partial charge < -0.3 is 5.73 Å². The Bertz CT molecular complexity index is 269. The van der Waals surface area contributed by atoms with Gasteiger partial charge in [-0.05, 0) is 0 Å². The van der Waals surface area contributed by atoms with Crippen LogP contribution in [0.4, 0.5) is 10.2 Å². The smallest absolute Gasteiger partial charge is 0.346 e. The maximum absolute atomic E-state index is 12.1. The van der Waals surface area contributed by atoms with Crippen molar-refractivity contribution in [2.24, 2.45) is 0 Å². The predicted octanol–water partition coefficient (Wildman–Crippen LogP) is -0.509. The normalized spacial score (nSPS) is 9.44. The molecule has 0 amide bonds. The molecule has 0 bridgehead atoms. The Hall–Kier alpha value is -1.39. The van der Waals surface area contributed by atoms with Crippen LogP contribution in [0, 0.1) is 5.82 Å². The van der Waals surface area contributed by atoms with Crippen molar-refractivity contribution in [2.45, 2.75) is 0 Å². The minimum Gasteiger partial charge on any atom is -0.383 e. The van der Waals surface area contributed by atoms with Crippen molar-refractivity contribution in [2.75, 3.05) is 5.73 Å². The third-order valence-electron chi connectivity index (χ3n) is 0.794. The first-order valence-electron chi connectivity index (χ1n) is 2.20. The van der Waals surface area contributed by atoms with E-state index in [1.54, 1.807) is 0 Å². The molecule has 1 heterocycles. The van der Waals surface area contributed by atoms with Gasteiger partial charge in [0.2, 0.25) is 0 Å². The molecule has 0 saturated heterocycles. The van der Waals surface area contributed by atoms with Crippen LogP contribution in [0.2, 0.25) is 0 Å². The van der Waals surface area contributed by atoms with Crippen molar-refractivity contribution in [3.8, 4) is 0 Å². The van der Waals surface area contributed by atoms with Gasteiger partial charge in [-0.15, -0.1) is 0 Å². The Labute approximate surface area is 49.5 Å². The van der Waals surface area contributed by atoms with E-state index in [9.17, 15) is 9.18 Å². The van der Waals surface area contributed by atoms with E-state index in [4.69, 9.17) is 5.73 Å². The first-order chi connectivity index (χ1) is 4.20. The first-order valence-corrected chi connectivity index (χ1v) is 2.20. The molecule has 1 aromatic rings. The molecule has 0 aliphatic heterocycles. The van der Waals surface area contributed by atoms with Gasteiger partial charge in [0, 0.05) is 0 Å². The van der Waals surface area contributed by atoms with Gasteiger partial charge >= 0.3 is 5.69 Å². The molecule has 0 saturated carbocycles. The van der Waals surface area contributed by atoms with E-state index in [-0.39, 0.29) is 5.82 Å². The lowest BCUT2D eigenvalue weighted by atomic mass is 10.6. The molecule has 4 nitrogen and oxygen atoms in total. The molecule has 0 aliphatic carbocycles. The average molecular weight is 132 g/mol. The average Bonchev–Trinajstić information content (AvgIpc) is 1.80. The highest BCUT2D eigenvalue weighted by atomic mass is 19.1. The molecule has 0 atom stereocenters. The highest BCUT2D eigenvalue weighted by Crippen LogP contribution is 1.96. The van der Waals surface area contributed by atoms with E-state index in [1.807, 2.05) is 4.98 Å². The summed E-state index contributed by atoms with van der Waals surface area (Å²) in [6.07, 6.45) is 0.772. The van der Waals surface area contributed by atoms with Gasteiger partial charge in [0.15, 0.2) is 5.82 Å². The second-order valence-corrected chi connectivity index (χ2v) is 1.45. The summed E-state index contributed by atoms with van der Waals surface area (Å²) in [5, 5.41) is 0. The Morgan fingerprint density at radius 3 is 2.89 bits per heavy atom. The van der Waals surface area contributed by atoms with Gasteiger partial charge in [-0.25, -0.2) is 9.18 Å². The lowest BCUT2D eigenvalue weighted by Crippen LogP contribution is -2.12. The second kappa shape index (κ2) is 1.85. The Morgan fingerprint density at radius 2 is 2.44 bits per heavy atom. The molecular weight excluding hydrogens is 128 g/mol. The maximum Gasteiger partial charge on any atom is 0.346 e. The molecule has 9 heavy (non-hydrogen) atoms. The van der Waals surface area contributed by atoms with Crippen LogP contribution >= 0.6 is 0 Å². The standard InChI is InChI=1S/C4H4FN3O/c5-2-1-7-4(9)8-3(2)6/h1H,(H3,6,7,8,9)/i4+1,7+1,8+1. The second-order valence-electron chi connectivity index (χ2n) is 1.45. The van der Waals surface area contributed by atoms with E-state index >= 15 is 0 Å². The maximum atomic E-state index is 12.1. The number of nitrogen functional groups attached to an aromatic ring is 1. The summed E-state index contributed by atoms with van der Waals surface area (Å²) in [4.78, 5) is 15.3. The number of aromatic amines is 1. The highest BCUT2D eigenvalue weighted by Gasteiger charge is 1.95. The molecule has 48 valence electrons. The molecule has 0 radical (unpaired) electrons. The number of hydrogen-bond donors (Lipinski definition) is 2. The summed E-state index contributed by atoms with van der Waals surface area (Å²) in [6.45, 7) is 0. The van der Waals surface area contributed by atoms with Crippen LogP contribution in [0.5, 0.6) is 0 Å². The minimum absolute atomic E-state index is 0.282. The zero-order valence-corrected chi connectivity index (χ0v) is 4.39. The van der Waals surface area contributed by atoms with Crippen LogP contribution in [0.3, 0.4) is 0 Å². The molecular formula is C4H4FN3O. The first kappa shape index (κ1) is 5.74. The van der Waals surface area contributed by atoms with Gasteiger partial charge in [-0.1, -0.05) is 0 Å². The summed E-state index contributed by atoms with van der Waals surface area (Å²) in [5.74, 6) is -0.996. The van der Waals surface area contributed by atoms with Crippen LogP contribution in [-0.4, -0.2) is 9.97 Å². The van der Waals surface area contributed by atoms with Crippen molar-refractivity contribution in [3.63, 3.8) is 0 Å². The summed E-state index contributed by atoms with van der Waals surface area (Å²) in [6, 6.07) is 0. The predicted molar refractivity (Wildman–Crippen MR) is 29.2 cm³/mol. The van der Waals surface area contributed by atoms with Crippen LogP contribution in [0.15, 0.2) is 11.0 Å². The van der Waals surface area contributed by atoms with Crippen molar-refractivity contribution in [3.05, 3.63) is 22.5 Å². The van der Waals surface area contributed by atoms with Crippen LogP contribution in [0.1, 0.15) is 0 Å². The molecule has 1 aromatic heterocycles. The fraction of sp³-hybridized carbons (Fsp3) is 0. The summed E-state index contributed by atoms with van der Waals surface area (Å²) in [7, 11) is 0. The number of nitrogens with one attached hydrogen (secondary N) is 1. The molecule has 5 heteroatoms. The summed E-state index contributed by atoms with van der Waals surface area (Å²) < 4.78 is 12.1. The van der Waals surface area contributed by atoms with E-state index in [1.165, 1.54) is 0 Å². The molecule has 0 aromatic carbocycles. The number of hydrogen-bond acceptors (Lipinski definition) is 3. The zero-order valence-electron chi connectivity index (χ0n) is 4.39. The number of nitrogens with zero attached hydrogens (tertiary/aromatic N) is 1.